The number of thioether (sulfide) groups is 1. The fraction of sp³-hybridized carbons (Fsp3) is 0.333. The molecule has 6 nitrogen and oxygen atoms in total. The lowest BCUT2D eigenvalue weighted by atomic mass is 9.98. The second-order valence-electron chi connectivity index (χ2n) is 7.23. The molecular weight excluding hydrogens is 378 g/mol. The van der Waals surface area contributed by atoms with Crippen molar-refractivity contribution in [3.63, 3.8) is 0 Å². The van der Waals surface area contributed by atoms with Crippen molar-refractivity contribution in [1.29, 1.82) is 0 Å². The first kappa shape index (κ1) is 20.1. The van der Waals surface area contributed by atoms with Crippen molar-refractivity contribution in [3.05, 3.63) is 53.1 Å². The van der Waals surface area contributed by atoms with Crippen molar-refractivity contribution in [3.8, 4) is 11.5 Å². The van der Waals surface area contributed by atoms with E-state index in [-0.39, 0.29) is 29.7 Å². The predicted octanol–water partition coefficient (Wildman–Crippen LogP) is 4.15. The SMILES string of the molecule is Cc1cc(O)c(C(C)C)cc1N1C(=O)C(CC(=O)O)SC1c1ccc(O)cc1. The number of carboxylic acids is 1. The van der Waals surface area contributed by atoms with Gasteiger partial charge < -0.3 is 15.3 Å². The van der Waals surface area contributed by atoms with E-state index in [9.17, 15) is 24.9 Å². The van der Waals surface area contributed by atoms with Gasteiger partial charge in [0.15, 0.2) is 0 Å². The molecule has 1 amide bonds. The molecule has 2 atom stereocenters. The first-order valence-electron chi connectivity index (χ1n) is 9.01. The average molecular weight is 401 g/mol. The summed E-state index contributed by atoms with van der Waals surface area (Å²) in [5.74, 6) is -0.934. The fourth-order valence-electron chi connectivity index (χ4n) is 3.37. The summed E-state index contributed by atoms with van der Waals surface area (Å²) in [6, 6.07) is 10.0. The molecule has 7 heteroatoms. The van der Waals surface area contributed by atoms with Crippen LogP contribution in [0.3, 0.4) is 0 Å². The van der Waals surface area contributed by atoms with E-state index in [1.165, 1.54) is 11.8 Å². The van der Waals surface area contributed by atoms with Crippen molar-refractivity contribution < 1.29 is 24.9 Å². The Hall–Kier alpha value is -2.67. The number of rotatable bonds is 5. The van der Waals surface area contributed by atoms with Gasteiger partial charge in [-0.05, 0) is 53.8 Å². The lowest BCUT2D eigenvalue weighted by Gasteiger charge is -2.27. The zero-order valence-electron chi connectivity index (χ0n) is 15.9. The van der Waals surface area contributed by atoms with E-state index in [0.29, 0.717) is 5.69 Å². The van der Waals surface area contributed by atoms with Gasteiger partial charge in [-0.3, -0.25) is 14.5 Å². The highest BCUT2D eigenvalue weighted by molar-refractivity contribution is 8.01. The van der Waals surface area contributed by atoms with Crippen LogP contribution in [0.5, 0.6) is 11.5 Å². The second-order valence-corrected chi connectivity index (χ2v) is 8.51. The lowest BCUT2D eigenvalue weighted by molar-refractivity contribution is -0.138. The number of phenolic OH excluding ortho intramolecular Hbond substituents is 2. The first-order chi connectivity index (χ1) is 13.2. The molecule has 2 aromatic carbocycles. The third-order valence-corrected chi connectivity index (χ3v) is 6.24. The number of aryl methyl sites for hydroxylation is 1. The minimum Gasteiger partial charge on any atom is -0.508 e. The Morgan fingerprint density at radius 1 is 1.18 bits per heavy atom. The van der Waals surface area contributed by atoms with E-state index in [4.69, 9.17) is 0 Å². The minimum absolute atomic E-state index is 0.0617. The number of phenols is 2. The third kappa shape index (κ3) is 3.80. The summed E-state index contributed by atoms with van der Waals surface area (Å²) < 4.78 is 0. The summed E-state index contributed by atoms with van der Waals surface area (Å²) in [6.45, 7) is 5.73. The predicted molar refractivity (Wildman–Crippen MR) is 109 cm³/mol. The van der Waals surface area contributed by atoms with E-state index >= 15 is 0 Å². The summed E-state index contributed by atoms with van der Waals surface area (Å²) in [5.41, 5.74) is 2.91. The molecule has 1 aliphatic heterocycles. The quantitative estimate of drug-likeness (QED) is 0.696. The Bertz CT molecular complexity index is 910. The molecule has 1 fully saturated rings. The zero-order chi connectivity index (χ0) is 20.6. The Labute approximate surface area is 167 Å². The molecule has 0 aromatic heterocycles. The van der Waals surface area contributed by atoms with E-state index in [1.54, 1.807) is 35.2 Å². The second kappa shape index (κ2) is 7.75. The maximum atomic E-state index is 13.1. The van der Waals surface area contributed by atoms with Gasteiger partial charge in [0, 0.05) is 5.69 Å². The summed E-state index contributed by atoms with van der Waals surface area (Å²) in [7, 11) is 0. The number of hydrogen-bond acceptors (Lipinski definition) is 5. The molecule has 3 N–H and O–H groups in total. The summed E-state index contributed by atoms with van der Waals surface area (Å²) >= 11 is 1.29. The number of carbonyl (C=O) groups excluding carboxylic acids is 1. The van der Waals surface area contributed by atoms with Crippen molar-refractivity contribution >= 4 is 29.3 Å². The van der Waals surface area contributed by atoms with Crippen LogP contribution in [0.4, 0.5) is 5.69 Å². The van der Waals surface area contributed by atoms with Crippen LogP contribution >= 0.6 is 11.8 Å². The highest BCUT2D eigenvalue weighted by atomic mass is 32.2. The molecule has 0 radical (unpaired) electrons. The van der Waals surface area contributed by atoms with Gasteiger partial charge in [-0.1, -0.05) is 26.0 Å². The molecule has 0 spiro atoms. The summed E-state index contributed by atoms with van der Waals surface area (Å²) in [5, 5.41) is 27.9. The number of amides is 1. The Morgan fingerprint density at radius 3 is 2.39 bits per heavy atom. The molecule has 0 aliphatic carbocycles. The van der Waals surface area contributed by atoms with Gasteiger partial charge in [-0.25, -0.2) is 0 Å². The van der Waals surface area contributed by atoms with Crippen LogP contribution < -0.4 is 4.90 Å². The number of benzene rings is 2. The standard InChI is InChI=1S/C21H23NO5S/c1-11(2)15-9-16(12(3)8-17(15)24)22-20(27)18(10-19(25)26)28-21(22)13-4-6-14(23)7-5-13/h4-9,11,18,21,23-24H,10H2,1-3H3,(H,25,26). The van der Waals surface area contributed by atoms with E-state index in [1.807, 2.05) is 26.8 Å². The first-order valence-corrected chi connectivity index (χ1v) is 9.96. The highest BCUT2D eigenvalue weighted by Gasteiger charge is 2.43. The van der Waals surface area contributed by atoms with E-state index in [0.717, 1.165) is 16.7 Å². The molecule has 0 saturated carbocycles. The smallest absolute Gasteiger partial charge is 0.305 e. The molecule has 2 unspecified atom stereocenters. The maximum Gasteiger partial charge on any atom is 0.305 e. The largest absolute Gasteiger partial charge is 0.508 e. The monoisotopic (exact) mass is 401 g/mol. The molecule has 2 aromatic rings. The number of carboxylic acid groups (broad SMARTS) is 1. The van der Waals surface area contributed by atoms with E-state index in [2.05, 4.69) is 0 Å². The van der Waals surface area contributed by atoms with Crippen LogP contribution in [0.15, 0.2) is 36.4 Å². The number of aliphatic carboxylic acids is 1. The van der Waals surface area contributed by atoms with Crippen LogP contribution in [0, 0.1) is 6.92 Å². The number of aromatic hydroxyl groups is 2. The normalized spacial score (nSPS) is 19.4. The maximum absolute atomic E-state index is 13.1. The fourth-order valence-corrected chi connectivity index (χ4v) is 4.80. The molecule has 1 aliphatic rings. The molecular formula is C21H23NO5S. The summed E-state index contributed by atoms with van der Waals surface area (Å²) in [6.07, 6.45) is -0.261. The zero-order valence-corrected chi connectivity index (χ0v) is 16.7. The third-order valence-electron chi connectivity index (χ3n) is 4.81. The van der Waals surface area contributed by atoms with Crippen LogP contribution in [0.25, 0.3) is 0 Å². The van der Waals surface area contributed by atoms with Crippen molar-refractivity contribution in [1.82, 2.24) is 0 Å². The topological polar surface area (TPSA) is 98.1 Å². The number of anilines is 1. The molecule has 1 heterocycles. The Kier molecular flexibility index (Phi) is 5.56. The van der Waals surface area contributed by atoms with Crippen LogP contribution in [-0.4, -0.2) is 32.4 Å². The molecule has 0 bridgehead atoms. The molecule has 1 saturated heterocycles. The van der Waals surface area contributed by atoms with Crippen LogP contribution in [-0.2, 0) is 9.59 Å². The van der Waals surface area contributed by atoms with Crippen molar-refractivity contribution in [2.24, 2.45) is 0 Å². The van der Waals surface area contributed by atoms with Gasteiger partial charge in [0.2, 0.25) is 5.91 Å². The Morgan fingerprint density at radius 2 is 1.82 bits per heavy atom. The van der Waals surface area contributed by atoms with Crippen molar-refractivity contribution in [2.45, 2.75) is 43.7 Å². The number of nitrogens with zero attached hydrogens (tertiary/aromatic N) is 1. The van der Waals surface area contributed by atoms with Gasteiger partial charge >= 0.3 is 5.97 Å². The van der Waals surface area contributed by atoms with Gasteiger partial charge in [-0.2, -0.15) is 0 Å². The molecule has 3 rings (SSSR count). The Balaban J connectivity index is 2.11. The number of hydrogen-bond donors (Lipinski definition) is 3. The minimum atomic E-state index is -1.03. The van der Waals surface area contributed by atoms with Gasteiger partial charge in [0.1, 0.15) is 16.9 Å². The number of carbonyl (C=O) groups is 2. The van der Waals surface area contributed by atoms with Crippen LogP contribution in [0.1, 0.15) is 48.3 Å². The van der Waals surface area contributed by atoms with Gasteiger partial charge in [0.05, 0.1) is 11.7 Å². The average Bonchev–Trinajstić information content (AvgIpc) is 2.91. The molecule has 148 valence electrons. The van der Waals surface area contributed by atoms with Crippen LogP contribution in [0.2, 0.25) is 0 Å². The summed E-state index contributed by atoms with van der Waals surface area (Å²) in [4.78, 5) is 26.0. The van der Waals surface area contributed by atoms with Crippen molar-refractivity contribution in [2.75, 3.05) is 4.90 Å². The van der Waals surface area contributed by atoms with E-state index < -0.39 is 16.6 Å². The lowest BCUT2D eigenvalue weighted by Crippen LogP contribution is -2.32. The molecule has 28 heavy (non-hydrogen) atoms. The van der Waals surface area contributed by atoms with Gasteiger partial charge in [-0.15, -0.1) is 11.8 Å². The highest BCUT2D eigenvalue weighted by Crippen LogP contribution is 2.48. The van der Waals surface area contributed by atoms with Gasteiger partial charge in [0.25, 0.3) is 0 Å².